The predicted octanol–water partition coefficient (Wildman–Crippen LogP) is 3.72. The van der Waals surface area contributed by atoms with Crippen LogP contribution in [-0.2, 0) is 15.7 Å². The highest BCUT2D eigenvalue weighted by molar-refractivity contribution is 6.62. The van der Waals surface area contributed by atoms with Crippen molar-refractivity contribution in [1.82, 2.24) is 0 Å². The van der Waals surface area contributed by atoms with Crippen LogP contribution in [0.4, 0.5) is 0 Å². The summed E-state index contributed by atoms with van der Waals surface area (Å²) in [5.74, 6) is 0. The van der Waals surface area contributed by atoms with Crippen LogP contribution in [0.5, 0.6) is 0 Å². The molecule has 1 aliphatic heterocycles. The molecule has 0 saturated carbocycles. The van der Waals surface area contributed by atoms with E-state index in [2.05, 4.69) is 58.9 Å². The molecule has 0 radical (unpaired) electrons. The van der Waals surface area contributed by atoms with Gasteiger partial charge in [-0.15, -0.1) is 0 Å². The SMILES string of the molecule is CCCCC1(C)OB(c2ccc(CC)cc2)OC1(C)C. The van der Waals surface area contributed by atoms with Crippen molar-refractivity contribution in [3.05, 3.63) is 29.8 Å². The number of rotatable bonds is 5. The van der Waals surface area contributed by atoms with E-state index in [0.717, 1.165) is 18.3 Å². The predicted molar refractivity (Wildman–Crippen MR) is 85.4 cm³/mol. The zero-order valence-electron chi connectivity index (χ0n) is 13.5. The summed E-state index contributed by atoms with van der Waals surface area (Å²) < 4.78 is 12.5. The highest BCUT2D eigenvalue weighted by Gasteiger charge is 2.53. The van der Waals surface area contributed by atoms with Crippen LogP contribution in [0.2, 0.25) is 0 Å². The lowest BCUT2D eigenvalue weighted by atomic mass is 9.78. The average Bonchev–Trinajstić information content (AvgIpc) is 2.67. The van der Waals surface area contributed by atoms with Gasteiger partial charge >= 0.3 is 7.12 Å². The van der Waals surface area contributed by atoms with E-state index in [1.807, 2.05) is 0 Å². The van der Waals surface area contributed by atoms with Gasteiger partial charge in [0, 0.05) is 0 Å². The van der Waals surface area contributed by atoms with Crippen LogP contribution < -0.4 is 5.46 Å². The van der Waals surface area contributed by atoms with Crippen LogP contribution in [0.15, 0.2) is 24.3 Å². The normalized spacial score (nSPS) is 25.1. The molecule has 0 spiro atoms. The molecule has 2 nitrogen and oxygen atoms in total. The zero-order valence-corrected chi connectivity index (χ0v) is 13.5. The molecular formula is C17H27BO2. The van der Waals surface area contributed by atoms with E-state index in [1.54, 1.807) is 0 Å². The highest BCUT2D eigenvalue weighted by atomic mass is 16.7. The van der Waals surface area contributed by atoms with Crippen LogP contribution in [0.1, 0.15) is 59.4 Å². The molecule has 1 saturated heterocycles. The average molecular weight is 274 g/mol. The molecule has 1 aromatic carbocycles. The lowest BCUT2D eigenvalue weighted by Gasteiger charge is -2.36. The Bertz CT molecular complexity index is 441. The topological polar surface area (TPSA) is 18.5 Å². The standard InChI is InChI=1S/C17H27BO2/c1-6-8-13-17(5)16(3,4)19-18(20-17)15-11-9-14(7-2)10-12-15/h9-12H,6-8,13H2,1-5H3. The van der Waals surface area contributed by atoms with Gasteiger partial charge in [0.1, 0.15) is 0 Å². The minimum Gasteiger partial charge on any atom is -0.399 e. The molecule has 1 atom stereocenters. The number of unbranched alkanes of at least 4 members (excludes halogenated alkanes) is 1. The Morgan fingerprint density at radius 1 is 1.00 bits per heavy atom. The number of hydrogen-bond acceptors (Lipinski definition) is 2. The van der Waals surface area contributed by atoms with Crippen LogP contribution in [0.25, 0.3) is 0 Å². The lowest BCUT2D eigenvalue weighted by molar-refractivity contribution is -0.0169. The highest BCUT2D eigenvalue weighted by Crippen LogP contribution is 2.40. The molecule has 20 heavy (non-hydrogen) atoms. The molecular weight excluding hydrogens is 247 g/mol. The van der Waals surface area contributed by atoms with Crippen LogP contribution >= 0.6 is 0 Å². The number of hydrogen-bond donors (Lipinski definition) is 0. The van der Waals surface area contributed by atoms with Crippen molar-refractivity contribution in [3.8, 4) is 0 Å². The number of benzene rings is 1. The fourth-order valence-corrected chi connectivity index (χ4v) is 2.72. The van der Waals surface area contributed by atoms with Gasteiger partial charge in [-0.2, -0.15) is 0 Å². The summed E-state index contributed by atoms with van der Waals surface area (Å²) in [4.78, 5) is 0. The van der Waals surface area contributed by atoms with E-state index >= 15 is 0 Å². The van der Waals surface area contributed by atoms with E-state index in [0.29, 0.717) is 0 Å². The molecule has 0 N–H and O–H groups in total. The molecule has 2 rings (SSSR count). The molecule has 0 bridgehead atoms. The summed E-state index contributed by atoms with van der Waals surface area (Å²) in [6.07, 6.45) is 4.46. The van der Waals surface area contributed by atoms with Crippen LogP contribution in [0, 0.1) is 0 Å². The van der Waals surface area contributed by atoms with Gasteiger partial charge in [0.05, 0.1) is 11.2 Å². The fraction of sp³-hybridized carbons (Fsp3) is 0.647. The van der Waals surface area contributed by atoms with Gasteiger partial charge in [-0.1, -0.05) is 51.0 Å². The van der Waals surface area contributed by atoms with E-state index in [9.17, 15) is 0 Å². The van der Waals surface area contributed by atoms with Crippen molar-refractivity contribution in [2.24, 2.45) is 0 Å². The van der Waals surface area contributed by atoms with Crippen molar-refractivity contribution in [1.29, 1.82) is 0 Å². The van der Waals surface area contributed by atoms with Crippen molar-refractivity contribution in [3.63, 3.8) is 0 Å². The van der Waals surface area contributed by atoms with E-state index in [4.69, 9.17) is 9.31 Å². The molecule has 0 aromatic heterocycles. The maximum Gasteiger partial charge on any atom is 0.494 e. The molecule has 1 heterocycles. The second kappa shape index (κ2) is 5.91. The van der Waals surface area contributed by atoms with Crippen molar-refractivity contribution in [2.75, 3.05) is 0 Å². The molecule has 1 fully saturated rings. The van der Waals surface area contributed by atoms with Crippen LogP contribution in [-0.4, -0.2) is 18.3 Å². The first kappa shape index (κ1) is 15.6. The summed E-state index contributed by atoms with van der Waals surface area (Å²) in [7, 11) is -0.238. The Kier molecular flexibility index (Phi) is 4.60. The minimum atomic E-state index is -0.254. The van der Waals surface area contributed by atoms with Crippen LogP contribution in [0.3, 0.4) is 0 Å². The zero-order chi connectivity index (χ0) is 14.8. The quantitative estimate of drug-likeness (QED) is 0.762. The third-order valence-electron chi connectivity index (χ3n) is 4.71. The van der Waals surface area contributed by atoms with Crippen molar-refractivity contribution < 1.29 is 9.31 Å². The first-order valence-electron chi connectivity index (χ1n) is 7.86. The summed E-state index contributed by atoms with van der Waals surface area (Å²) >= 11 is 0. The Balaban J connectivity index is 2.15. The fourth-order valence-electron chi connectivity index (χ4n) is 2.72. The van der Waals surface area contributed by atoms with Gasteiger partial charge in [-0.25, -0.2) is 0 Å². The van der Waals surface area contributed by atoms with Gasteiger partial charge in [0.25, 0.3) is 0 Å². The molecule has 0 amide bonds. The summed E-state index contributed by atoms with van der Waals surface area (Å²) in [5.41, 5.74) is 2.00. The first-order chi connectivity index (χ1) is 9.42. The summed E-state index contributed by atoms with van der Waals surface area (Å²) in [6, 6.07) is 8.59. The number of aryl methyl sites for hydroxylation is 1. The lowest BCUT2D eigenvalue weighted by Crippen LogP contribution is -2.44. The summed E-state index contributed by atoms with van der Waals surface area (Å²) in [6.45, 7) is 10.9. The first-order valence-corrected chi connectivity index (χ1v) is 7.86. The monoisotopic (exact) mass is 274 g/mol. The minimum absolute atomic E-state index is 0.211. The molecule has 1 aromatic rings. The van der Waals surface area contributed by atoms with Crippen molar-refractivity contribution in [2.45, 2.75) is 71.5 Å². The Morgan fingerprint density at radius 2 is 1.65 bits per heavy atom. The molecule has 0 aliphatic carbocycles. The van der Waals surface area contributed by atoms with Gasteiger partial charge in [0.2, 0.25) is 0 Å². The maximum atomic E-state index is 6.30. The second-order valence-electron chi connectivity index (χ2n) is 6.51. The van der Waals surface area contributed by atoms with Crippen molar-refractivity contribution >= 4 is 12.6 Å². The van der Waals surface area contributed by atoms with Gasteiger partial charge < -0.3 is 9.31 Å². The molecule has 1 unspecified atom stereocenters. The van der Waals surface area contributed by atoms with E-state index in [1.165, 1.54) is 18.4 Å². The third kappa shape index (κ3) is 2.94. The van der Waals surface area contributed by atoms with E-state index in [-0.39, 0.29) is 18.3 Å². The third-order valence-corrected chi connectivity index (χ3v) is 4.71. The maximum absolute atomic E-state index is 6.30. The second-order valence-corrected chi connectivity index (χ2v) is 6.51. The van der Waals surface area contributed by atoms with Gasteiger partial charge in [-0.05, 0) is 44.6 Å². The smallest absolute Gasteiger partial charge is 0.399 e. The molecule has 1 aliphatic rings. The van der Waals surface area contributed by atoms with Gasteiger partial charge in [0.15, 0.2) is 0 Å². The Labute approximate surface area is 124 Å². The largest absolute Gasteiger partial charge is 0.494 e. The van der Waals surface area contributed by atoms with Gasteiger partial charge in [-0.3, -0.25) is 0 Å². The summed E-state index contributed by atoms with van der Waals surface area (Å²) in [5, 5.41) is 0. The molecule has 3 heteroatoms. The Hall–Kier alpha value is -0.795. The van der Waals surface area contributed by atoms with E-state index < -0.39 is 0 Å². The Morgan fingerprint density at radius 3 is 2.20 bits per heavy atom. The molecule has 110 valence electrons.